The van der Waals surface area contributed by atoms with Crippen LogP contribution in [0.3, 0.4) is 0 Å². The number of nitro groups is 1. The summed E-state index contributed by atoms with van der Waals surface area (Å²) in [4.78, 5) is 41.1. The first-order valence-corrected chi connectivity index (χ1v) is 13.8. The topological polar surface area (TPSA) is 114 Å². The second kappa shape index (κ2) is 12.4. The normalized spacial score (nSPS) is 11.6. The number of thioether (sulfide) groups is 1. The lowest BCUT2D eigenvalue weighted by Gasteiger charge is -2.14. The van der Waals surface area contributed by atoms with Crippen LogP contribution >= 0.6 is 46.3 Å². The van der Waals surface area contributed by atoms with Crippen molar-refractivity contribution >= 4 is 74.6 Å². The predicted molar refractivity (Wildman–Crippen MR) is 154 cm³/mol. The molecule has 0 aliphatic heterocycles. The predicted octanol–water partition coefficient (Wildman–Crippen LogP) is 7.79. The van der Waals surface area contributed by atoms with E-state index in [0.717, 1.165) is 10.5 Å². The van der Waals surface area contributed by atoms with Gasteiger partial charge < -0.3 is 10.6 Å². The molecule has 0 saturated heterocycles. The number of halogens is 2. The smallest absolute Gasteiger partial charge is 0.269 e. The average molecular weight is 588 g/mol. The Bertz CT molecular complexity index is 1490. The van der Waals surface area contributed by atoms with Gasteiger partial charge in [-0.15, -0.1) is 23.1 Å². The summed E-state index contributed by atoms with van der Waals surface area (Å²) < 4.78 is 0. The molecule has 8 nitrogen and oxygen atoms in total. The van der Waals surface area contributed by atoms with Gasteiger partial charge in [0.2, 0.25) is 5.91 Å². The van der Waals surface area contributed by atoms with Crippen LogP contribution in [0.4, 0.5) is 16.5 Å². The van der Waals surface area contributed by atoms with Gasteiger partial charge in [-0.3, -0.25) is 19.7 Å². The molecule has 194 valence electrons. The Morgan fingerprint density at radius 2 is 1.84 bits per heavy atom. The summed E-state index contributed by atoms with van der Waals surface area (Å²) >= 11 is 14.9. The largest absolute Gasteiger partial charge is 0.322 e. The Hall–Kier alpha value is -3.44. The Morgan fingerprint density at radius 3 is 2.53 bits per heavy atom. The van der Waals surface area contributed by atoms with E-state index < -0.39 is 16.1 Å². The summed E-state index contributed by atoms with van der Waals surface area (Å²) in [6.45, 7) is 1.91. The summed E-state index contributed by atoms with van der Waals surface area (Å²) in [6.07, 6.45) is 0.567. The summed E-state index contributed by atoms with van der Waals surface area (Å²) in [5.41, 5.74) is 2.11. The van der Waals surface area contributed by atoms with Crippen molar-refractivity contribution in [3.05, 3.63) is 97.8 Å². The zero-order valence-electron chi connectivity index (χ0n) is 19.8. The minimum Gasteiger partial charge on any atom is -0.322 e. The molecule has 1 aromatic heterocycles. The molecule has 2 amide bonds. The van der Waals surface area contributed by atoms with Crippen molar-refractivity contribution in [1.29, 1.82) is 0 Å². The highest BCUT2D eigenvalue weighted by Gasteiger charge is 2.20. The third-order valence-electron chi connectivity index (χ3n) is 5.32. The standard InChI is InChI=1S/C26H20Cl2N4O4S2/c1-2-23(25(34)31-26-30-22(14-37-26)20-11-8-16(27)12-21(20)28)38-19-5-3-4-17(13-19)29-24(33)15-6-9-18(10-7-15)32(35)36/h3-14,23H,2H2,1H3,(H,29,33)(H,30,31,34). The van der Waals surface area contributed by atoms with E-state index in [4.69, 9.17) is 23.2 Å². The lowest BCUT2D eigenvalue weighted by molar-refractivity contribution is -0.384. The number of nitro benzene ring substituents is 1. The van der Waals surface area contributed by atoms with Gasteiger partial charge in [-0.1, -0.05) is 36.2 Å². The molecule has 0 radical (unpaired) electrons. The molecule has 0 bridgehead atoms. The van der Waals surface area contributed by atoms with E-state index in [-0.39, 0.29) is 11.6 Å². The number of benzene rings is 3. The second-order valence-electron chi connectivity index (χ2n) is 7.95. The number of thiazole rings is 1. The SMILES string of the molecule is CCC(Sc1cccc(NC(=O)c2ccc([N+](=O)[O-])cc2)c1)C(=O)Nc1nc(-c2ccc(Cl)cc2Cl)cs1. The number of nitrogens with zero attached hydrogens (tertiary/aromatic N) is 2. The zero-order valence-corrected chi connectivity index (χ0v) is 23.0. The molecule has 2 N–H and O–H groups in total. The summed E-state index contributed by atoms with van der Waals surface area (Å²) in [5.74, 6) is -0.590. The molecule has 0 saturated carbocycles. The van der Waals surface area contributed by atoms with E-state index in [1.54, 1.807) is 36.4 Å². The maximum Gasteiger partial charge on any atom is 0.269 e. The van der Waals surface area contributed by atoms with Crippen LogP contribution in [0.2, 0.25) is 10.0 Å². The third kappa shape index (κ3) is 6.90. The van der Waals surface area contributed by atoms with E-state index in [9.17, 15) is 19.7 Å². The Labute approximate surface area is 236 Å². The fraction of sp³-hybridized carbons (Fsp3) is 0.115. The number of rotatable bonds is 9. The van der Waals surface area contributed by atoms with E-state index >= 15 is 0 Å². The molecule has 12 heteroatoms. The molecule has 38 heavy (non-hydrogen) atoms. The van der Waals surface area contributed by atoms with Crippen LogP contribution < -0.4 is 10.6 Å². The summed E-state index contributed by atoms with van der Waals surface area (Å²) in [6, 6.07) is 17.6. The Morgan fingerprint density at radius 1 is 1.08 bits per heavy atom. The van der Waals surface area contributed by atoms with Crippen LogP contribution in [0.5, 0.6) is 0 Å². The number of anilines is 2. The summed E-state index contributed by atoms with van der Waals surface area (Å²) in [7, 11) is 0. The minimum absolute atomic E-state index is 0.0911. The highest BCUT2D eigenvalue weighted by molar-refractivity contribution is 8.00. The van der Waals surface area contributed by atoms with Gasteiger partial charge in [0.15, 0.2) is 5.13 Å². The monoisotopic (exact) mass is 586 g/mol. The van der Waals surface area contributed by atoms with Gasteiger partial charge in [0.05, 0.1) is 20.9 Å². The van der Waals surface area contributed by atoms with Crippen LogP contribution in [0.15, 0.2) is 77.0 Å². The lowest BCUT2D eigenvalue weighted by Crippen LogP contribution is -2.24. The molecule has 4 aromatic rings. The van der Waals surface area contributed by atoms with Crippen LogP contribution in [0.25, 0.3) is 11.3 Å². The number of amides is 2. The fourth-order valence-electron chi connectivity index (χ4n) is 3.41. The molecular formula is C26H20Cl2N4O4S2. The van der Waals surface area contributed by atoms with E-state index in [0.29, 0.717) is 38.5 Å². The van der Waals surface area contributed by atoms with Gasteiger partial charge >= 0.3 is 0 Å². The number of hydrogen-bond acceptors (Lipinski definition) is 7. The number of carbonyl (C=O) groups is 2. The molecule has 1 heterocycles. The Kier molecular flexibility index (Phi) is 9.01. The molecule has 1 atom stereocenters. The number of carbonyl (C=O) groups excluding carboxylic acids is 2. The van der Waals surface area contributed by atoms with E-state index in [2.05, 4.69) is 15.6 Å². The zero-order chi connectivity index (χ0) is 27.2. The van der Waals surface area contributed by atoms with Crippen molar-refractivity contribution < 1.29 is 14.5 Å². The molecule has 3 aromatic carbocycles. The first-order chi connectivity index (χ1) is 18.2. The number of hydrogen-bond donors (Lipinski definition) is 2. The first-order valence-electron chi connectivity index (χ1n) is 11.3. The molecule has 0 aliphatic carbocycles. The molecule has 1 unspecified atom stereocenters. The minimum atomic E-state index is -0.522. The van der Waals surface area contributed by atoms with Crippen LogP contribution in [0.1, 0.15) is 23.7 Å². The molecule has 0 aliphatic rings. The average Bonchev–Trinajstić information content (AvgIpc) is 3.35. The van der Waals surface area contributed by atoms with Crippen molar-refractivity contribution in [1.82, 2.24) is 4.98 Å². The van der Waals surface area contributed by atoms with Crippen molar-refractivity contribution in [3.8, 4) is 11.3 Å². The van der Waals surface area contributed by atoms with Crippen molar-refractivity contribution in [2.45, 2.75) is 23.5 Å². The molecule has 0 spiro atoms. The first kappa shape index (κ1) is 27.6. The number of non-ortho nitro benzene ring substituents is 1. The van der Waals surface area contributed by atoms with E-state index in [1.165, 1.54) is 47.4 Å². The highest BCUT2D eigenvalue weighted by atomic mass is 35.5. The van der Waals surface area contributed by atoms with Gasteiger partial charge in [0.25, 0.3) is 11.6 Å². The maximum absolute atomic E-state index is 13.0. The molecule has 0 fully saturated rings. The van der Waals surface area contributed by atoms with Gasteiger partial charge in [0, 0.05) is 44.2 Å². The maximum atomic E-state index is 13.0. The number of aromatic nitrogens is 1. The number of nitrogens with one attached hydrogen (secondary N) is 2. The quantitative estimate of drug-likeness (QED) is 0.117. The van der Waals surface area contributed by atoms with Crippen LogP contribution in [0, 0.1) is 10.1 Å². The fourth-order valence-corrected chi connectivity index (χ4v) is 5.64. The van der Waals surface area contributed by atoms with E-state index in [1.807, 2.05) is 18.4 Å². The van der Waals surface area contributed by atoms with Gasteiger partial charge in [0.1, 0.15) is 0 Å². The highest BCUT2D eigenvalue weighted by Crippen LogP contribution is 2.33. The van der Waals surface area contributed by atoms with Crippen LogP contribution in [-0.4, -0.2) is 27.0 Å². The van der Waals surface area contributed by atoms with Gasteiger partial charge in [-0.2, -0.15) is 0 Å². The van der Waals surface area contributed by atoms with Crippen LogP contribution in [-0.2, 0) is 4.79 Å². The van der Waals surface area contributed by atoms with Gasteiger partial charge in [-0.05, 0) is 55.0 Å². The van der Waals surface area contributed by atoms with Gasteiger partial charge in [-0.25, -0.2) is 4.98 Å². The van der Waals surface area contributed by atoms with Crippen molar-refractivity contribution in [3.63, 3.8) is 0 Å². The van der Waals surface area contributed by atoms with Crippen molar-refractivity contribution in [2.24, 2.45) is 0 Å². The third-order valence-corrected chi connectivity index (χ3v) is 7.98. The second-order valence-corrected chi connectivity index (χ2v) is 10.9. The summed E-state index contributed by atoms with van der Waals surface area (Å²) in [5, 5.41) is 19.4. The molecular weight excluding hydrogens is 567 g/mol. The lowest BCUT2D eigenvalue weighted by atomic mass is 10.2. The van der Waals surface area contributed by atoms with Crippen molar-refractivity contribution in [2.75, 3.05) is 10.6 Å². The Balaban J connectivity index is 1.39. The molecule has 4 rings (SSSR count).